The van der Waals surface area contributed by atoms with Crippen molar-refractivity contribution in [1.29, 1.82) is 0 Å². The number of hydrogen-bond acceptors (Lipinski definition) is 6. The van der Waals surface area contributed by atoms with Gasteiger partial charge in [-0.2, -0.15) is 0 Å². The lowest BCUT2D eigenvalue weighted by molar-refractivity contribution is 0.0827. The molecule has 0 saturated heterocycles. The van der Waals surface area contributed by atoms with E-state index in [4.69, 9.17) is 10.5 Å². The van der Waals surface area contributed by atoms with E-state index in [1.54, 1.807) is 75.6 Å². The van der Waals surface area contributed by atoms with Crippen molar-refractivity contribution in [2.45, 2.75) is 11.8 Å². The summed E-state index contributed by atoms with van der Waals surface area (Å²) in [6.45, 7) is 3.14. The van der Waals surface area contributed by atoms with Gasteiger partial charge in [0.05, 0.1) is 12.3 Å². The van der Waals surface area contributed by atoms with Crippen molar-refractivity contribution in [1.82, 2.24) is 4.90 Å². The lowest BCUT2D eigenvalue weighted by atomic mass is 10.0. The second-order valence-corrected chi connectivity index (χ2v) is 9.43. The highest BCUT2D eigenvalue weighted by Gasteiger charge is 2.22. The molecule has 0 heterocycles. The second-order valence-electron chi connectivity index (χ2n) is 7.78. The van der Waals surface area contributed by atoms with Crippen LogP contribution in [0.5, 0.6) is 5.75 Å². The van der Waals surface area contributed by atoms with Gasteiger partial charge in [-0.1, -0.05) is 24.3 Å². The number of amides is 1. The Labute approximate surface area is 225 Å². The van der Waals surface area contributed by atoms with E-state index in [1.165, 1.54) is 4.90 Å². The molecule has 0 fully saturated rings. The van der Waals surface area contributed by atoms with E-state index < -0.39 is 10.0 Å². The van der Waals surface area contributed by atoms with E-state index in [2.05, 4.69) is 10.0 Å². The fraction of sp³-hybridized carbons (Fsp3) is 0.240. The van der Waals surface area contributed by atoms with Crippen LogP contribution in [0, 0.1) is 0 Å². The first kappa shape index (κ1) is 31.1. The van der Waals surface area contributed by atoms with Gasteiger partial charge in [-0.05, 0) is 60.5 Å². The molecule has 0 saturated carbocycles. The summed E-state index contributed by atoms with van der Waals surface area (Å²) in [7, 11) is -0.610. The molecule has 0 radical (unpaired) electrons. The third-order valence-electron chi connectivity index (χ3n) is 4.97. The van der Waals surface area contributed by atoms with Crippen molar-refractivity contribution in [2.75, 3.05) is 43.8 Å². The average molecular weight is 556 g/mol. The number of sulfonamides is 1. The number of anilines is 2. The third-order valence-corrected chi connectivity index (χ3v) is 6.37. The van der Waals surface area contributed by atoms with Gasteiger partial charge in [0, 0.05) is 38.4 Å². The Morgan fingerprint density at radius 3 is 2.28 bits per heavy atom. The van der Waals surface area contributed by atoms with Gasteiger partial charge in [0.15, 0.2) is 0 Å². The normalized spacial score (nSPS) is 10.4. The number of carbonyl (C=O) groups is 1. The largest absolute Gasteiger partial charge is 0.492 e. The molecule has 11 heteroatoms. The Kier molecular flexibility index (Phi) is 12.0. The first-order chi connectivity index (χ1) is 16.2. The summed E-state index contributed by atoms with van der Waals surface area (Å²) in [6.07, 6.45) is 0. The Morgan fingerprint density at radius 2 is 1.61 bits per heavy atom. The van der Waals surface area contributed by atoms with Gasteiger partial charge >= 0.3 is 0 Å². The quantitative estimate of drug-likeness (QED) is 0.340. The maximum Gasteiger partial charge on any atom is 0.265 e. The summed E-state index contributed by atoms with van der Waals surface area (Å²) in [5, 5.41) is 3.13. The highest BCUT2D eigenvalue weighted by atomic mass is 35.5. The molecule has 3 aromatic rings. The molecule has 4 N–H and O–H groups in total. The van der Waals surface area contributed by atoms with E-state index in [9.17, 15) is 13.2 Å². The number of rotatable bonds is 10. The number of hydrogen-bond donors (Lipinski definition) is 3. The van der Waals surface area contributed by atoms with E-state index in [0.29, 0.717) is 36.5 Å². The Bertz CT molecular complexity index is 1270. The van der Waals surface area contributed by atoms with E-state index in [1.807, 2.05) is 12.1 Å². The van der Waals surface area contributed by atoms with Gasteiger partial charge in [-0.25, -0.2) is 8.42 Å². The third kappa shape index (κ3) is 7.76. The molecule has 8 nitrogen and oxygen atoms in total. The highest BCUT2D eigenvalue weighted by molar-refractivity contribution is 7.92. The van der Waals surface area contributed by atoms with Crippen molar-refractivity contribution in [3.05, 3.63) is 72.3 Å². The van der Waals surface area contributed by atoms with Crippen LogP contribution in [0.4, 0.5) is 11.4 Å². The molecule has 0 unspecified atom stereocenters. The predicted octanol–water partition coefficient (Wildman–Crippen LogP) is 4.47. The van der Waals surface area contributed by atoms with Crippen LogP contribution < -0.4 is 20.5 Å². The molecular weight excluding hydrogens is 523 g/mol. The molecule has 0 aliphatic rings. The van der Waals surface area contributed by atoms with E-state index in [-0.39, 0.29) is 41.4 Å². The molecule has 0 spiro atoms. The van der Waals surface area contributed by atoms with Crippen LogP contribution in [0.2, 0.25) is 0 Å². The van der Waals surface area contributed by atoms with E-state index >= 15 is 0 Å². The fourth-order valence-electron chi connectivity index (χ4n) is 3.38. The van der Waals surface area contributed by atoms with Crippen molar-refractivity contribution < 1.29 is 17.9 Å². The van der Waals surface area contributed by atoms with Crippen LogP contribution >= 0.6 is 24.8 Å². The van der Waals surface area contributed by atoms with Gasteiger partial charge in [-0.15, -0.1) is 24.8 Å². The average Bonchev–Trinajstić information content (AvgIpc) is 2.82. The molecule has 196 valence electrons. The zero-order valence-electron chi connectivity index (χ0n) is 20.4. The molecule has 36 heavy (non-hydrogen) atoms. The molecule has 0 aliphatic heterocycles. The minimum Gasteiger partial charge on any atom is -0.492 e. The topological polar surface area (TPSA) is 114 Å². The first-order valence-corrected chi connectivity index (χ1v) is 12.4. The number of halogens is 2. The summed E-state index contributed by atoms with van der Waals surface area (Å²) in [5.41, 5.74) is 8.58. The molecule has 0 aromatic heterocycles. The molecule has 0 bridgehead atoms. The van der Waals surface area contributed by atoms with E-state index in [0.717, 1.165) is 11.3 Å². The molecule has 3 rings (SSSR count). The van der Waals surface area contributed by atoms with Crippen LogP contribution in [0.1, 0.15) is 17.3 Å². The number of ether oxygens (including phenoxy) is 1. The monoisotopic (exact) mass is 554 g/mol. The Hall–Kier alpha value is -2.98. The lowest BCUT2D eigenvalue weighted by Gasteiger charge is -2.16. The SMILES string of the molecule is CCOc1ccc(-c2cccc(C(=O)N(C)C)c2)cc1S(=O)(=O)Nc1cccc(NCCN)c1.Cl.Cl. The standard InChI is InChI=1S/C25H30N4O4S.2ClH/c1-4-33-23-12-11-19(18-7-5-8-20(15-18)25(30)29(2)3)16-24(23)34(31,32)28-22-10-6-9-21(17-22)27-14-13-26;;/h5-12,15-17,27-28H,4,13-14,26H2,1-3H3;2*1H. The molecule has 3 aromatic carbocycles. The summed E-state index contributed by atoms with van der Waals surface area (Å²) >= 11 is 0. The first-order valence-electron chi connectivity index (χ1n) is 10.9. The minimum atomic E-state index is -3.98. The number of nitrogens with one attached hydrogen (secondary N) is 2. The van der Waals surface area contributed by atoms with Crippen molar-refractivity contribution >= 4 is 52.1 Å². The summed E-state index contributed by atoms with van der Waals surface area (Å²) in [6, 6.07) is 19.0. The van der Waals surface area contributed by atoms with Crippen LogP contribution in [-0.2, 0) is 10.0 Å². The molecule has 1 amide bonds. The number of carbonyl (C=O) groups excluding carboxylic acids is 1. The lowest BCUT2D eigenvalue weighted by Crippen LogP contribution is -2.21. The van der Waals surface area contributed by atoms with Crippen LogP contribution in [0.25, 0.3) is 11.1 Å². The van der Waals surface area contributed by atoms with Gasteiger partial charge < -0.3 is 20.7 Å². The number of nitrogens with two attached hydrogens (primary N) is 1. The van der Waals surface area contributed by atoms with Crippen LogP contribution in [-0.4, -0.2) is 53.0 Å². The van der Waals surface area contributed by atoms with Crippen molar-refractivity contribution in [3.63, 3.8) is 0 Å². The zero-order valence-corrected chi connectivity index (χ0v) is 22.8. The zero-order chi connectivity index (χ0) is 24.7. The molecule has 0 aliphatic carbocycles. The van der Waals surface area contributed by atoms with Crippen molar-refractivity contribution in [3.8, 4) is 16.9 Å². The summed E-state index contributed by atoms with van der Waals surface area (Å²) in [5.74, 6) is 0.113. The molecule has 0 atom stereocenters. The van der Waals surface area contributed by atoms with Crippen LogP contribution in [0.3, 0.4) is 0 Å². The van der Waals surface area contributed by atoms with Crippen molar-refractivity contribution in [2.24, 2.45) is 5.73 Å². The summed E-state index contributed by atoms with van der Waals surface area (Å²) in [4.78, 5) is 13.9. The number of nitrogens with zero attached hydrogens (tertiary/aromatic N) is 1. The van der Waals surface area contributed by atoms with Gasteiger partial charge in [0.2, 0.25) is 0 Å². The maximum atomic E-state index is 13.4. The highest BCUT2D eigenvalue weighted by Crippen LogP contribution is 2.32. The smallest absolute Gasteiger partial charge is 0.265 e. The van der Waals surface area contributed by atoms with Crippen LogP contribution in [0.15, 0.2) is 71.6 Å². The maximum absolute atomic E-state index is 13.4. The predicted molar refractivity (Wildman–Crippen MR) is 150 cm³/mol. The summed E-state index contributed by atoms with van der Waals surface area (Å²) < 4.78 is 35.0. The van der Waals surface area contributed by atoms with Gasteiger partial charge in [0.25, 0.3) is 15.9 Å². The fourth-order valence-corrected chi connectivity index (χ4v) is 4.60. The molecular formula is C25H32Cl2N4O4S. The number of benzene rings is 3. The Morgan fingerprint density at radius 1 is 0.944 bits per heavy atom. The van der Waals surface area contributed by atoms with Gasteiger partial charge in [0.1, 0.15) is 10.6 Å². The minimum absolute atomic E-state index is 0. The van der Waals surface area contributed by atoms with Gasteiger partial charge in [-0.3, -0.25) is 9.52 Å². The Balaban J connectivity index is 0.00000324. The second kappa shape index (κ2) is 13.9.